The van der Waals surface area contributed by atoms with Crippen molar-refractivity contribution in [2.75, 3.05) is 13.2 Å². The molecule has 0 aromatic carbocycles. The van der Waals surface area contributed by atoms with Gasteiger partial charge >= 0.3 is 17.9 Å². The maximum Gasteiger partial charge on any atom is 0.306 e. The summed E-state index contributed by atoms with van der Waals surface area (Å²) < 4.78 is 16.9. The highest BCUT2D eigenvalue weighted by atomic mass is 16.6. The van der Waals surface area contributed by atoms with E-state index in [4.69, 9.17) is 14.2 Å². The number of unbranched alkanes of at least 4 members (excludes halogenated alkanes) is 35. The van der Waals surface area contributed by atoms with Crippen molar-refractivity contribution in [2.24, 2.45) is 0 Å². The molecule has 0 aromatic heterocycles. The Morgan fingerprint density at radius 1 is 0.273 bits per heavy atom. The Bertz CT molecular complexity index is 1470. The molecule has 0 aliphatic heterocycles. The van der Waals surface area contributed by atoms with Crippen molar-refractivity contribution in [1.82, 2.24) is 0 Å². The highest BCUT2D eigenvalue weighted by molar-refractivity contribution is 5.71. The number of rotatable bonds is 60. The Balaban J connectivity index is 4.29. The van der Waals surface area contributed by atoms with Crippen LogP contribution in [0.2, 0.25) is 0 Å². The van der Waals surface area contributed by atoms with Gasteiger partial charge in [-0.1, -0.05) is 305 Å². The zero-order chi connectivity index (χ0) is 55.7. The predicted molar refractivity (Wildman–Crippen MR) is 334 cm³/mol. The van der Waals surface area contributed by atoms with E-state index in [1.165, 1.54) is 180 Å². The van der Waals surface area contributed by atoms with Gasteiger partial charge in [0.05, 0.1) is 0 Å². The summed E-state index contributed by atoms with van der Waals surface area (Å²) in [6.07, 6.45) is 86.0. The molecule has 0 aliphatic rings. The van der Waals surface area contributed by atoms with Crippen LogP contribution in [0.4, 0.5) is 0 Å². The second kappa shape index (κ2) is 65.1. The van der Waals surface area contributed by atoms with Gasteiger partial charge in [-0.2, -0.15) is 0 Å². The molecular weight excluding hydrogens is 949 g/mol. The Kier molecular flexibility index (Phi) is 62.2. The first-order valence-corrected chi connectivity index (χ1v) is 33.1. The minimum absolute atomic E-state index is 0.0839. The lowest BCUT2D eigenvalue weighted by Gasteiger charge is -2.18. The zero-order valence-electron chi connectivity index (χ0n) is 51.0. The molecular formula is C71H124O6. The summed E-state index contributed by atoms with van der Waals surface area (Å²) in [6, 6.07) is 0. The SMILES string of the molecule is CC/C=C\C/C=C\C/C=C\C/C=C\CCCCCCCCCCCCCCC(=O)OCC(COC(=O)CCCCC/C=C\C/C=C\C/C=C\CC)OC(=O)CCCCCCCCCCCCCCCCCCCCCCC. The van der Waals surface area contributed by atoms with Gasteiger partial charge in [-0.25, -0.2) is 0 Å². The molecule has 0 N–H and O–H groups in total. The van der Waals surface area contributed by atoms with E-state index in [-0.39, 0.29) is 31.1 Å². The van der Waals surface area contributed by atoms with Gasteiger partial charge in [0, 0.05) is 19.3 Å². The fraction of sp³-hybridized carbons (Fsp3) is 0.761. The minimum atomic E-state index is -0.789. The van der Waals surface area contributed by atoms with Crippen LogP contribution < -0.4 is 0 Å². The fourth-order valence-corrected chi connectivity index (χ4v) is 9.51. The van der Waals surface area contributed by atoms with Gasteiger partial charge in [0.2, 0.25) is 0 Å². The Hall–Kier alpha value is -3.41. The molecule has 0 heterocycles. The van der Waals surface area contributed by atoms with E-state index in [0.717, 1.165) is 109 Å². The van der Waals surface area contributed by atoms with Crippen molar-refractivity contribution >= 4 is 17.9 Å². The minimum Gasteiger partial charge on any atom is -0.462 e. The van der Waals surface area contributed by atoms with E-state index in [9.17, 15) is 14.4 Å². The highest BCUT2D eigenvalue weighted by Crippen LogP contribution is 2.17. The molecule has 444 valence electrons. The molecule has 0 saturated carbocycles. The number of carbonyl (C=O) groups is 3. The van der Waals surface area contributed by atoms with Crippen molar-refractivity contribution in [1.29, 1.82) is 0 Å². The summed E-state index contributed by atoms with van der Waals surface area (Å²) in [4.78, 5) is 38.3. The van der Waals surface area contributed by atoms with Crippen LogP contribution in [0.1, 0.15) is 329 Å². The molecule has 1 atom stereocenters. The molecule has 0 rings (SSSR count). The summed E-state index contributed by atoms with van der Waals surface area (Å²) in [5.74, 6) is -0.900. The van der Waals surface area contributed by atoms with Gasteiger partial charge in [-0.05, 0) is 89.9 Å². The van der Waals surface area contributed by atoms with Crippen LogP contribution in [0.15, 0.2) is 85.1 Å². The summed E-state index contributed by atoms with van der Waals surface area (Å²) in [5, 5.41) is 0. The number of ether oxygens (including phenoxy) is 3. The summed E-state index contributed by atoms with van der Waals surface area (Å²) in [6.45, 7) is 6.43. The summed E-state index contributed by atoms with van der Waals surface area (Å²) in [7, 11) is 0. The third-order valence-electron chi connectivity index (χ3n) is 14.4. The lowest BCUT2D eigenvalue weighted by molar-refractivity contribution is -0.167. The average molecular weight is 1070 g/mol. The van der Waals surface area contributed by atoms with E-state index in [2.05, 4.69) is 106 Å². The van der Waals surface area contributed by atoms with Crippen LogP contribution in [-0.2, 0) is 28.6 Å². The van der Waals surface area contributed by atoms with Gasteiger partial charge in [0.15, 0.2) is 6.10 Å². The monoisotopic (exact) mass is 1070 g/mol. The molecule has 6 nitrogen and oxygen atoms in total. The van der Waals surface area contributed by atoms with Crippen molar-refractivity contribution in [3.05, 3.63) is 85.1 Å². The third-order valence-corrected chi connectivity index (χ3v) is 14.4. The van der Waals surface area contributed by atoms with E-state index < -0.39 is 6.10 Å². The zero-order valence-corrected chi connectivity index (χ0v) is 51.0. The van der Waals surface area contributed by atoms with Crippen LogP contribution in [0.25, 0.3) is 0 Å². The van der Waals surface area contributed by atoms with Gasteiger partial charge in [-0.15, -0.1) is 0 Å². The Labute approximate surface area is 477 Å². The lowest BCUT2D eigenvalue weighted by atomic mass is 10.0. The van der Waals surface area contributed by atoms with Crippen LogP contribution >= 0.6 is 0 Å². The van der Waals surface area contributed by atoms with Gasteiger partial charge in [0.1, 0.15) is 13.2 Å². The second-order valence-electron chi connectivity index (χ2n) is 22.0. The molecule has 6 heteroatoms. The molecule has 0 amide bonds. The average Bonchev–Trinajstić information content (AvgIpc) is 3.43. The van der Waals surface area contributed by atoms with Crippen molar-refractivity contribution in [2.45, 2.75) is 335 Å². The van der Waals surface area contributed by atoms with Crippen molar-refractivity contribution < 1.29 is 28.6 Å². The number of allylic oxidation sites excluding steroid dienone is 14. The largest absolute Gasteiger partial charge is 0.462 e. The maximum atomic E-state index is 12.9. The number of hydrogen-bond acceptors (Lipinski definition) is 6. The number of carbonyl (C=O) groups excluding carboxylic acids is 3. The normalized spacial score (nSPS) is 12.6. The topological polar surface area (TPSA) is 78.9 Å². The Morgan fingerprint density at radius 3 is 0.805 bits per heavy atom. The van der Waals surface area contributed by atoms with Crippen molar-refractivity contribution in [3.63, 3.8) is 0 Å². The first-order valence-electron chi connectivity index (χ1n) is 33.1. The van der Waals surface area contributed by atoms with Crippen molar-refractivity contribution in [3.8, 4) is 0 Å². The first-order chi connectivity index (χ1) is 38.0. The second-order valence-corrected chi connectivity index (χ2v) is 22.0. The molecule has 77 heavy (non-hydrogen) atoms. The Morgan fingerprint density at radius 2 is 0.506 bits per heavy atom. The van der Waals surface area contributed by atoms with Gasteiger partial charge < -0.3 is 14.2 Å². The maximum absolute atomic E-state index is 12.9. The van der Waals surface area contributed by atoms with E-state index in [0.29, 0.717) is 19.3 Å². The predicted octanol–water partition coefficient (Wildman–Crippen LogP) is 22.7. The number of hydrogen-bond donors (Lipinski definition) is 0. The molecule has 0 fully saturated rings. The van der Waals surface area contributed by atoms with Crippen LogP contribution in [0.3, 0.4) is 0 Å². The van der Waals surface area contributed by atoms with Crippen LogP contribution in [0.5, 0.6) is 0 Å². The molecule has 0 radical (unpaired) electrons. The third kappa shape index (κ3) is 63.3. The molecule has 0 saturated heterocycles. The fourth-order valence-electron chi connectivity index (χ4n) is 9.51. The first kappa shape index (κ1) is 73.6. The number of esters is 3. The van der Waals surface area contributed by atoms with E-state index in [1.807, 2.05) is 0 Å². The molecule has 0 bridgehead atoms. The van der Waals surface area contributed by atoms with Crippen LogP contribution in [0, 0.1) is 0 Å². The molecule has 0 spiro atoms. The molecule has 0 aliphatic carbocycles. The molecule has 1 unspecified atom stereocenters. The molecule has 0 aromatic rings. The van der Waals surface area contributed by atoms with Gasteiger partial charge in [-0.3, -0.25) is 14.4 Å². The standard InChI is InChI=1S/C71H124O6/c1-4-7-10-13-16-19-22-25-27-29-31-33-34-35-36-38-39-41-43-46-49-52-55-58-61-64-70(73)76-67-68(66-75-69(72)63-60-57-54-51-48-45-24-21-18-15-12-9-6-3)77-71(74)65-62-59-56-53-50-47-44-42-40-37-32-30-28-26-23-20-17-14-11-8-5-2/h7,9-10,12,16,18-19,21,25,27,31,33,45,48,68H,4-6,8,11,13-15,17,20,22-24,26,28-30,32,34-44,46-47,49-67H2,1-3H3/b10-7-,12-9-,19-16-,21-18-,27-25-,33-31-,48-45-. The van der Waals surface area contributed by atoms with E-state index >= 15 is 0 Å². The van der Waals surface area contributed by atoms with Gasteiger partial charge in [0.25, 0.3) is 0 Å². The summed E-state index contributed by atoms with van der Waals surface area (Å²) in [5.41, 5.74) is 0. The van der Waals surface area contributed by atoms with E-state index in [1.54, 1.807) is 0 Å². The van der Waals surface area contributed by atoms with Crippen LogP contribution in [-0.4, -0.2) is 37.2 Å². The lowest BCUT2D eigenvalue weighted by Crippen LogP contribution is -2.30. The highest BCUT2D eigenvalue weighted by Gasteiger charge is 2.19. The summed E-state index contributed by atoms with van der Waals surface area (Å²) >= 11 is 0. The smallest absolute Gasteiger partial charge is 0.306 e. The quantitative estimate of drug-likeness (QED) is 0.0261.